The van der Waals surface area contributed by atoms with Crippen molar-refractivity contribution in [3.63, 3.8) is 0 Å². The summed E-state index contributed by atoms with van der Waals surface area (Å²) in [5.41, 5.74) is 3.44. The topological polar surface area (TPSA) is 21.3 Å². The number of hydrogen-bond donors (Lipinski definition) is 1. The summed E-state index contributed by atoms with van der Waals surface area (Å²) in [6.07, 6.45) is 0.852. The van der Waals surface area contributed by atoms with E-state index in [2.05, 4.69) is 53.8 Å². The van der Waals surface area contributed by atoms with Crippen molar-refractivity contribution in [2.45, 2.75) is 19.6 Å². The van der Waals surface area contributed by atoms with Gasteiger partial charge >= 0.3 is 0 Å². The first-order valence-corrected chi connectivity index (χ1v) is 9.92. The highest BCUT2D eigenvalue weighted by molar-refractivity contribution is 5.87. The van der Waals surface area contributed by atoms with Gasteiger partial charge in [0.05, 0.1) is 0 Å². The Balaban J connectivity index is 0.00000256. The smallest absolute Gasteiger partial charge is 0.124 e. The Kier molecular flexibility index (Phi) is 7.83. The van der Waals surface area contributed by atoms with Crippen LogP contribution >= 0.6 is 12.4 Å². The zero-order valence-corrected chi connectivity index (χ0v) is 17.5. The van der Waals surface area contributed by atoms with Crippen molar-refractivity contribution in [1.82, 2.24) is 5.32 Å². The van der Waals surface area contributed by atoms with Gasteiger partial charge in [0.15, 0.2) is 0 Å². The molecule has 0 fully saturated rings. The molecule has 0 bridgehead atoms. The monoisotopic (exact) mass is 421 g/mol. The second kappa shape index (κ2) is 10.8. The van der Waals surface area contributed by atoms with Gasteiger partial charge in [0.1, 0.15) is 18.2 Å². The van der Waals surface area contributed by atoms with Gasteiger partial charge in [0, 0.05) is 12.1 Å². The Bertz CT molecular complexity index is 1070. The van der Waals surface area contributed by atoms with Crippen molar-refractivity contribution in [3.05, 3.63) is 114 Å². The molecule has 0 saturated heterocycles. The highest BCUT2D eigenvalue weighted by Crippen LogP contribution is 2.28. The maximum Gasteiger partial charge on any atom is 0.124 e. The molecule has 0 heterocycles. The Morgan fingerprint density at radius 3 is 2.27 bits per heavy atom. The highest BCUT2D eigenvalue weighted by atomic mass is 35.5. The summed E-state index contributed by atoms with van der Waals surface area (Å²) in [5.74, 6) is 0.708. The molecular formula is C26H25ClFNO. The van der Waals surface area contributed by atoms with Gasteiger partial charge in [-0.1, -0.05) is 72.8 Å². The molecule has 0 aromatic heterocycles. The normalized spacial score (nSPS) is 10.6. The third-order valence-electron chi connectivity index (χ3n) is 5.04. The van der Waals surface area contributed by atoms with E-state index in [1.807, 2.05) is 30.3 Å². The molecule has 30 heavy (non-hydrogen) atoms. The van der Waals surface area contributed by atoms with Crippen LogP contribution in [0, 0.1) is 5.82 Å². The molecule has 0 radical (unpaired) electrons. The van der Waals surface area contributed by atoms with Crippen LogP contribution in [-0.2, 0) is 19.6 Å². The number of hydrogen-bond acceptors (Lipinski definition) is 2. The molecule has 0 aliphatic rings. The van der Waals surface area contributed by atoms with Crippen molar-refractivity contribution in [2.24, 2.45) is 0 Å². The minimum atomic E-state index is -0.197. The summed E-state index contributed by atoms with van der Waals surface area (Å²) in [5, 5.41) is 5.93. The van der Waals surface area contributed by atoms with Crippen LogP contribution in [0.4, 0.5) is 4.39 Å². The minimum Gasteiger partial charge on any atom is -0.489 e. The molecule has 0 saturated carbocycles. The van der Waals surface area contributed by atoms with E-state index in [1.165, 1.54) is 22.9 Å². The number of halogens is 2. The number of ether oxygens (including phenoxy) is 1. The molecule has 1 N–H and O–H groups in total. The second-order valence-electron chi connectivity index (χ2n) is 7.09. The summed E-state index contributed by atoms with van der Waals surface area (Å²) >= 11 is 0. The van der Waals surface area contributed by atoms with E-state index >= 15 is 0 Å². The maximum atomic E-state index is 13.1. The predicted molar refractivity (Wildman–Crippen MR) is 124 cm³/mol. The van der Waals surface area contributed by atoms with Crippen molar-refractivity contribution >= 4 is 23.2 Å². The minimum absolute atomic E-state index is 0. The van der Waals surface area contributed by atoms with Crippen LogP contribution in [0.25, 0.3) is 10.8 Å². The molecule has 154 valence electrons. The van der Waals surface area contributed by atoms with Crippen LogP contribution in [0.3, 0.4) is 0 Å². The van der Waals surface area contributed by atoms with Crippen LogP contribution in [0.2, 0.25) is 0 Å². The van der Waals surface area contributed by atoms with Crippen LogP contribution in [0.1, 0.15) is 16.7 Å². The fourth-order valence-electron chi connectivity index (χ4n) is 3.47. The Morgan fingerprint density at radius 1 is 0.733 bits per heavy atom. The predicted octanol–water partition coefficient (Wildman–Crippen LogP) is 6.31. The Morgan fingerprint density at radius 2 is 1.47 bits per heavy atom. The summed E-state index contributed by atoms with van der Waals surface area (Å²) in [6, 6.07) is 29.4. The number of rotatable bonds is 8. The second-order valence-corrected chi connectivity index (χ2v) is 7.09. The van der Waals surface area contributed by atoms with Gasteiger partial charge in [0.25, 0.3) is 0 Å². The van der Waals surface area contributed by atoms with Crippen LogP contribution in [0.5, 0.6) is 5.75 Å². The lowest BCUT2D eigenvalue weighted by molar-refractivity contribution is 0.303. The van der Waals surface area contributed by atoms with Crippen molar-refractivity contribution < 1.29 is 9.13 Å². The van der Waals surface area contributed by atoms with Gasteiger partial charge in [0.2, 0.25) is 0 Å². The van der Waals surface area contributed by atoms with Crippen LogP contribution in [-0.4, -0.2) is 6.54 Å². The lowest BCUT2D eigenvalue weighted by Gasteiger charge is -2.15. The quantitative estimate of drug-likeness (QED) is 0.336. The molecule has 0 amide bonds. The first-order chi connectivity index (χ1) is 14.3. The standard InChI is InChI=1S/C26H24FNO.ClH/c27-23-13-10-20(11-14-23)16-17-28-18-25-24-9-5-4-8-22(24)12-15-26(25)29-19-21-6-2-1-3-7-21;/h1-15,28H,16-19H2;1H. The zero-order valence-electron chi connectivity index (χ0n) is 16.7. The number of fused-ring (bicyclic) bond motifs is 1. The zero-order chi connectivity index (χ0) is 19.9. The van der Waals surface area contributed by atoms with E-state index in [0.717, 1.165) is 35.4 Å². The fourth-order valence-corrected chi connectivity index (χ4v) is 3.47. The van der Waals surface area contributed by atoms with Gasteiger partial charge in [-0.05, 0) is 53.1 Å². The van der Waals surface area contributed by atoms with Crippen molar-refractivity contribution in [2.75, 3.05) is 6.54 Å². The van der Waals surface area contributed by atoms with Crippen molar-refractivity contribution in [3.8, 4) is 5.75 Å². The van der Waals surface area contributed by atoms with E-state index < -0.39 is 0 Å². The van der Waals surface area contributed by atoms with Gasteiger partial charge in [-0.25, -0.2) is 4.39 Å². The summed E-state index contributed by atoms with van der Waals surface area (Å²) in [7, 11) is 0. The van der Waals surface area contributed by atoms with Gasteiger partial charge in [-0.15, -0.1) is 12.4 Å². The SMILES string of the molecule is Cl.Fc1ccc(CCNCc2c(OCc3ccccc3)ccc3ccccc23)cc1. The van der Waals surface area contributed by atoms with Gasteiger partial charge in [-0.3, -0.25) is 0 Å². The van der Waals surface area contributed by atoms with Gasteiger partial charge < -0.3 is 10.1 Å². The molecule has 0 unspecified atom stereocenters. The molecular weight excluding hydrogens is 397 g/mol. The van der Waals surface area contributed by atoms with Crippen LogP contribution < -0.4 is 10.1 Å². The first kappa shape index (κ1) is 21.8. The van der Waals surface area contributed by atoms with Crippen molar-refractivity contribution in [1.29, 1.82) is 0 Å². The fraction of sp³-hybridized carbons (Fsp3) is 0.154. The van der Waals surface area contributed by atoms with E-state index in [0.29, 0.717) is 13.2 Å². The largest absolute Gasteiger partial charge is 0.489 e. The molecule has 4 rings (SSSR count). The molecule has 0 spiro atoms. The van der Waals surface area contributed by atoms with E-state index in [-0.39, 0.29) is 18.2 Å². The average Bonchev–Trinajstić information content (AvgIpc) is 2.77. The molecule has 4 aromatic carbocycles. The lowest BCUT2D eigenvalue weighted by atomic mass is 10.0. The lowest BCUT2D eigenvalue weighted by Crippen LogP contribution is -2.17. The summed E-state index contributed by atoms with van der Waals surface area (Å²) in [4.78, 5) is 0. The third kappa shape index (κ3) is 5.59. The third-order valence-corrected chi connectivity index (χ3v) is 5.04. The molecule has 4 heteroatoms. The maximum absolute atomic E-state index is 13.1. The molecule has 4 aromatic rings. The van der Waals surface area contributed by atoms with E-state index in [4.69, 9.17) is 4.74 Å². The first-order valence-electron chi connectivity index (χ1n) is 9.92. The van der Waals surface area contributed by atoms with E-state index in [1.54, 1.807) is 0 Å². The highest BCUT2D eigenvalue weighted by Gasteiger charge is 2.09. The molecule has 0 aliphatic carbocycles. The number of nitrogens with one attached hydrogen (secondary N) is 1. The molecule has 2 nitrogen and oxygen atoms in total. The number of benzene rings is 4. The summed E-state index contributed by atoms with van der Waals surface area (Å²) < 4.78 is 19.2. The van der Waals surface area contributed by atoms with Crippen LogP contribution in [0.15, 0.2) is 91.0 Å². The van der Waals surface area contributed by atoms with E-state index in [9.17, 15) is 4.39 Å². The Labute approximate surface area is 183 Å². The summed E-state index contributed by atoms with van der Waals surface area (Å²) in [6.45, 7) is 2.07. The van der Waals surface area contributed by atoms with Gasteiger partial charge in [-0.2, -0.15) is 0 Å². The molecule has 0 aliphatic heterocycles. The molecule has 0 atom stereocenters. The Hall–Kier alpha value is -2.88. The average molecular weight is 422 g/mol.